The zero-order valence-corrected chi connectivity index (χ0v) is 19.4. The molecule has 1 heterocycles. The molecule has 6 heteroatoms. The summed E-state index contributed by atoms with van der Waals surface area (Å²) in [6.07, 6.45) is 1.86. The largest absolute Gasteiger partial charge is 0.481 e. The smallest absolute Gasteiger partial charge is 0.265 e. The number of carbonyl (C=O) groups is 2. The van der Waals surface area contributed by atoms with E-state index in [0.717, 1.165) is 19.4 Å². The van der Waals surface area contributed by atoms with E-state index in [2.05, 4.69) is 31.4 Å². The Morgan fingerprint density at radius 2 is 1.84 bits per heavy atom. The molecule has 0 saturated carbocycles. The molecule has 1 fully saturated rings. The Kier molecular flexibility index (Phi) is 7.91. The van der Waals surface area contributed by atoms with E-state index >= 15 is 0 Å². The van der Waals surface area contributed by atoms with Crippen LogP contribution in [0.15, 0.2) is 48.5 Å². The van der Waals surface area contributed by atoms with Crippen molar-refractivity contribution in [2.75, 3.05) is 18.5 Å². The zero-order valence-electron chi connectivity index (χ0n) is 19.4. The summed E-state index contributed by atoms with van der Waals surface area (Å²) in [4.78, 5) is 25.6. The fourth-order valence-electron chi connectivity index (χ4n) is 3.63. The predicted octanol–water partition coefficient (Wildman–Crippen LogP) is 4.69. The molecule has 0 unspecified atom stereocenters. The van der Waals surface area contributed by atoms with Crippen molar-refractivity contribution in [3.8, 4) is 5.75 Å². The van der Waals surface area contributed by atoms with Gasteiger partial charge in [0, 0.05) is 13.2 Å². The van der Waals surface area contributed by atoms with Crippen LogP contribution in [0.1, 0.15) is 62.9 Å². The van der Waals surface area contributed by atoms with Crippen LogP contribution in [0.25, 0.3) is 0 Å². The number of hydrogen-bond acceptors (Lipinski definition) is 4. The van der Waals surface area contributed by atoms with Crippen molar-refractivity contribution in [3.63, 3.8) is 0 Å². The van der Waals surface area contributed by atoms with Gasteiger partial charge in [-0.2, -0.15) is 0 Å². The Balaban J connectivity index is 1.64. The van der Waals surface area contributed by atoms with Crippen LogP contribution in [0, 0.1) is 0 Å². The number of benzene rings is 2. The molecule has 2 aromatic carbocycles. The minimum absolute atomic E-state index is 0.0498. The van der Waals surface area contributed by atoms with Crippen LogP contribution in [-0.4, -0.2) is 37.2 Å². The lowest BCUT2D eigenvalue weighted by Crippen LogP contribution is -2.35. The maximum atomic E-state index is 12.9. The Morgan fingerprint density at radius 1 is 1.12 bits per heavy atom. The van der Waals surface area contributed by atoms with Crippen LogP contribution in [0.2, 0.25) is 0 Å². The van der Waals surface area contributed by atoms with Gasteiger partial charge in [0.05, 0.1) is 17.4 Å². The van der Waals surface area contributed by atoms with Crippen molar-refractivity contribution < 1.29 is 19.1 Å². The van der Waals surface area contributed by atoms with Gasteiger partial charge in [-0.3, -0.25) is 9.59 Å². The van der Waals surface area contributed by atoms with Crippen LogP contribution in [0.3, 0.4) is 0 Å². The summed E-state index contributed by atoms with van der Waals surface area (Å²) in [7, 11) is 0. The van der Waals surface area contributed by atoms with Gasteiger partial charge >= 0.3 is 0 Å². The average molecular weight is 439 g/mol. The molecule has 1 saturated heterocycles. The van der Waals surface area contributed by atoms with E-state index < -0.39 is 6.10 Å². The number of anilines is 1. The van der Waals surface area contributed by atoms with E-state index in [-0.39, 0.29) is 23.3 Å². The topological polar surface area (TPSA) is 76.7 Å². The third-order valence-electron chi connectivity index (χ3n) is 5.61. The first-order valence-corrected chi connectivity index (χ1v) is 11.3. The Morgan fingerprint density at radius 3 is 2.47 bits per heavy atom. The minimum Gasteiger partial charge on any atom is -0.481 e. The van der Waals surface area contributed by atoms with Gasteiger partial charge in [0.25, 0.3) is 11.8 Å². The summed E-state index contributed by atoms with van der Waals surface area (Å²) in [5.41, 5.74) is 2.13. The molecule has 1 aliphatic rings. The number of para-hydroxylation sites is 1. The number of hydrogen-bond donors (Lipinski definition) is 2. The van der Waals surface area contributed by atoms with Crippen LogP contribution < -0.4 is 15.4 Å². The van der Waals surface area contributed by atoms with E-state index in [9.17, 15) is 9.59 Å². The predicted molar refractivity (Wildman–Crippen MR) is 126 cm³/mol. The molecule has 2 amide bonds. The third kappa shape index (κ3) is 6.33. The molecule has 0 aromatic heterocycles. The molecule has 0 spiro atoms. The van der Waals surface area contributed by atoms with E-state index in [1.165, 1.54) is 5.56 Å². The lowest BCUT2D eigenvalue weighted by molar-refractivity contribution is -0.122. The lowest BCUT2D eigenvalue weighted by Gasteiger charge is -2.21. The highest BCUT2D eigenvalue weighted by molar-refractivity contribution is 6.04. The number of nitrogens with one attached hydrogen (secondary N) is 2. The van der Waals surface area contributed by atoms with Gasteiger partial charge in [-0.05, 0) is 54.5 Å². The first-order valence-electron chi connectivity index (χ1n) is 11.3. The molecule has 2 aromatic rings. The molecule has 0 bridgehead atoms. The van der Waals surface area contributed by atoms with E-state index in [4.69, 9.17) is 9.47 Å². The number of rotatable bonds is 8. The third-order valence-corrected chi connectivity index (χ3v) is 5.61. The van der Waals surface area contributed by atoms with Crippen LogP contribution in [0.5, 0.6) is 5.75 Å². The first kappa shape index (κ1) is 23.8. The normalized spacial score (nSPS) is 16.9. The Bertz CT molecular complexity index is 912. The summed E-state index contributed by atoms with van der Waals surface area (Å²) in [6, 6.07) is 14.8. The molecule has 172 valence electrons. The van der Waals surface area contributed by atoms with Crippen molar-refractivity contribution in [3.05, 3.63) is 59.7 Å². The second-order valence-electron chi connectivity index (χ2n) is 9.17. The van der Waals surface area contributed by atoms with Crippen molar-refractivity contribution in [2.45, 2.75) is 64.6 Å². The van der Waals surface area contributed by atoms with E-state index in [1.54, 1.807) is 24.3 Å². The van der Waals surface area contributed by atoms with Crippen molar-refractivity contribution in [1.29, 1.82) is 0 Å². The average Bonchev–Trinajstić information content (AvgIpc) is 3.29. The van der Waals surface area contributed by atoms with Crippen molar-refractivity contribution in [2.24, 2.45) is 0 Å². The molecule has 2 N–H and O–H groups in total. The molecule has 3 rings (SSSR count). The fourth-order valence-corrected chi connectivity index (χ4v) is 3.63. The van der Waals surface area contributed by atoms with Gasteiger partial charge in [0.15, 0.2) is 6.10 Å². The second-order valence-corrected chi connectivity index (χ2v) is 9.17. The van der Waals surface area contributed by atoms with Gasteiger partial charge in [0.2, 0.25) is 0 Å². The summed E-state index contributed by atoms with van der Waals surface area (Å²) < 4.78 is 11.5. The summed E-state index contributed by atoms with van der Waals surface area (Å²) in [5, 5.41) is 5.78. The summed E-state index contributed by atoms with van der Waals surface area (Å²) in [5.74, 6) is 0.123. The highest BCUT2D eigenvalue weighted by atomic mass is 16.5. The summed E-state index contributed by atoms with van der Waals surface area (Å²) in [6.45, 7) is 9.56. The standard InChI is InChI=1S/C26H34N2O4/c1-5-23(32-19-14-12-18(13-15-19)26(2,3)4)25(30)28-22-11-7-6-10-21(22)24(29)27-17-20-9-8-16-31-20/h6-7,10-15,20,23H,5,8-9,16-17H2,1-4H3,(H,27,29)(H,28,30)/t20-,23+/m1/s1. The van der Waals surface area contributed by atoms with Gasteiger partial charge in [-0.15, -0.1) is 0 Å². The van der Waals surface area contributed by atoms with Crippen LogP contribution >= 0.6 is 0 Å². The molecule has 2 atom stereocenters. The highest BCUT2D eigenvalue weighted by Crippen LogP contribution is 2.25. The molecular weight excluding hydrogens is 404 g/mol. The Hall–Kier alpha value is -2.86. The van der Waals surface area contributed by atoms with Gasteiger partial charge in [-0.25, -0.2) is 0 Å². The maximum Gasteiger partial charge on any atom is 0.265 e. The fraction of sp³-hybridized carbons (Fsp3) is 0.462. The monoisotopic (exact) mass is 438 g/mol. The quantitative estimate of drug-likeness (QED) is 0.627. The van der Waals surface area contributed by atoms with Crippen LogP contribution in [0.4, 0.5) is 5.69 Å². The maximum absolute atomic E-state index is 12.9. The molecule has 0 aliphatic carbocycles. The molecule has 1 aliphatic heterocycles. The lowest BCUT2D eigenvalue weighted by atomic mass is 9.87. The number of ether oxygens (including phenoxy) is 2. The van der Waals surface area contributed by atoms with Gasteiger partial charge in [-0.1, -0.05) is 52.0 Å². The number of amides is 2. The minimum atomic E-state index is -0.668. The van der Waals surface area contributed by atoms with Gasteiger partial charge in [0.1, 0.15) is 5.75 Å². The molecular formula is C26H34N2O4. The first-order chi connectivity index (χ1) is 15.3. The van der Waals surface area contributed by atoms with E-state index in [0.29, 0.717) is 30.0 Å². The SMILES string of the molecule is CC[C@H](Oc1ccc(C(C)(C)C)cc1)C(=O)Nc1ccccc1C(=O)NC[C@H]1CCCO1. The van der Waals surface area contributed by atoms with E-state index in [1.807, 2.05) is 31.2 Å². The summed E-state index contributed by atoms with van der Waals surface area (Å²) >= 11 is 0. The number of carbonyl (C=O) groups excluding carboxylic acids is 2. The molecule has 6 nitrogen and oxygen atoms in total. The van der Waals surface area contributed by atoms with Crippen LogP contribution in [-0.2, 0) is 14.9 Å². The van der Waals surface area contributed by atoms with Crippen molar-refractivity contribution >= 4 is 17.5 Å². The highest BCUT2D eigenvalue weighted by Gasteiger charge is 2.22. The molecule has 0 radical (unpaired) electrons. The molecule has 32 heavy (non-hydrogen) atoms. The second kappa shape index (κ2) is 10.6. The van der Waals surface area contributed by atoms with Gasteiger partial charge < -0.3 is 20.1 Å². The zero-order chi connectivity index (χ0) is 23.1. The Labute approximate surface area is 190 Å². The van der Waals surface area contributed by atoms with Crippen molar-refractivity contribution in [1.82, 2.24) is 5.32 Å².